The minimum atomic E-state index is -0.532. The largest absolute Gasteiger partial charge is 0.394 e. The number of benzene rings is 1. The quantitative estimate of drug-likeness (QED) is 0.619. The molecule has 0 saturated carbocycles. The van der Waals surface area contributed by atoms with Crippen LogP contribution in [-0.4, -0.2) is 16.8 Å². The molecule has 0 radical (unpaired) electrons. The third-order valence-corrected chi connectivity index (χ3v) is 2.83. The number of carbonyl (C=O) groups excluding carboxylic acids is 2. The van der Waals surface area contributed by atoms with Gasteiger partial charge in [0.1, 0.15) is 5.70 Å². The number of para-hydroxylation sites is 1. The van der Waals surface area contributed by atoms with Gasteiger partial charge in [-0.25, -0.2) is 0 Å². The zero-order valence-electron chi connectivity index (χ0n) is 8.78. The Morgan fingerprint density at radius 2 is 1.82 bits per heavy atom. The summed E-state index contributed by atoms with van der Waals surface area (Å²) in [4.78, 5) is 26.0. The molecule has 2 heterocycles. The van der Waals surface area contributed by atoms with Gasteiger partial charge in [-0.2, -0.15) is 0 Å². The zero-order valence-corrected chi connectivity index (χ0v) is 8.78. The lowest BCUT2D eigenvalue weighted by Crippen LogP contribution is -2.24. The van der Waals surface area contributed by atoms with E-state index in [2.05, 4.69) is 10.3 Å². The number of hydrogen-bond acceptors (Lipinski definition) is 3. The monoisotopic (exact) mass is 227 g/mol. The Hall–Kier alpha value is -2.56. The Balaban J connectivity index is 2.29. The highest BCUT2D eigenvalue weighted by atomic mass is 16.2. The predicted octanol–water partition coefficient (Wildman–Crippen LogP) is 0.494. The first-order valence-electron chi connectivity index (χ1n) is 5.10. The maximum absolute atomic E-state index is 11.7. The molecule has 0 aliphatic carbocycles. The molecule has 0 fully saturated rings. The lowest BCUT2D eigenvalue weighted by molar-refractivity contribution is -0.123. The smallest absolute Gasteiger partial charge is 0.274 e. The van der Waals surface area contributed by atoms with Crippen molar-refractivity contribution in [1.29, 1.82) is 0 Å². The van der Waals surface area contributed by atoms with Gasteiger partial charge in [-0.15, -0.1) is 0 Å². The van der Waals surface area contributed by atoms with Crippen molar-refractivity contribution in [3.05, 3.63) is 41.7 Å². The third-order valence-electron chi connectivity index (χ3n) is 2.83. The Kier molecular flexibility index (Phi) is 1.82. The molecule has 0 bridgehead atoms. The van der Waals surface area contributed by atoms with Crippen molar-refractivity contribution < 1.29 is 9.59 Å². The molecule has 5 heteroatoms. The van der Waals surface area contributed by atoms with Crippen molar-refractivity contribution >= 4 is 28.3 Å². The fraction of sp³-hybridized carbons (Fsp3) is 0. The van der Waals surface area contributed by atoms with Gasteiger partial charge in [0.25, 0.3) is 11.8 Å². The lowest BCUT2D eigenvalue weighted by Gasteiger charge is -1.98. The molecule has 1 aromatic carbocycles. The van der Waals surface area contributed by atoms with Gasteiger partial charge in [0.2, 0.25) is 0 Å². The molecule has 2 aromatic rings. The highest BCUT2D eigenvalue weighted by Crippen LogP contribution is 2.28. The molecule has 1 aromatic heterocycles. The molecule has 17 heavy (non-hydrogen) atoms. The molecular formula is C12H9N3O2. The predicted molar refractivity (Wildman–Crippen MR) is 62.6 cm³/mol. The second-order valence-electron chi connectivity index (χ2n) is 3.82. The number of aromatic amines is 1. The van der Waals surface area contributed by atoms with Gasteiger partial charge in [-0.05, 0) is 6.07 Å². The standard InChI is InChI=1S/C12H9N3O2/c13-10-9(11(16)15-12(10)17)7-5-14-8-4-2-1-3-6(7)8/h1-5,14H,(H3,13,15,16,17). The second kappa shape index (κ2) is 3.21. The van der Waals surface area contributed by atoms with Crippen molar-refractivity contribution in [2.24, 2.45) is 5.73 Å². The molecule has 4 N–H and O–H groups in total. The normalized spacial score (nSPS) is 15.8. The van der Waals surface area contributed by atoms with Crippen LogP contribution in [0.1, 0.15) is 5.56 Å². The van der Waals surface area contributed by atoms with E-state index < -0.39 is 11.8 Å². The maximum atomic E-state index is 11.7. The molecular weight excluding hydrogens is 218 g/mol. The number of carbonyl (C=O) groups is 2. The van der Waals surface area contributed by atoms with Crippen LogP contribution in [0, 0.1) is 0 Å². The van der Waals surface area contributed by atoms with Gasteiger partial charge >= 0.3 is 0 Å². The van der Waals surface area contributed by atoms with Gasteiger partial charge < -0.3 is 10.7 Å². The molecule has 84 valence electrons. The van der Waals surface area contributed by atoms with E-state index in [0.717, 1.165) is 10.9 Å². The van der Waals surface area contributed by atoms with Crippen molar-refractivity contribution in [3.8, 4) is 0 Å². The van der Waals surface area contributed by atoms with Gasteiger partial charge in [-0.1, -0.05) is 18.2 Å². The van der Waals surface area contributed by atoms with Crippen LogP contribution in [-0.2, 0) is 9.59 Å². The van der Waals surface area contributed by atoms with E-state index >= 15 is 0 Å². The van der Waals surface area contributed by atoms with Crippen LogP contribution in [0.3, 0.4) is 0 Å². The van der Waals surface area contributed by atoms with Gasteiger partial charge in [0, 0.05) is 22.7 Å². The van der Waals surface area contributed by atoms with E-state index in [1.54, 1.807) is 6.20 Å². The van der Waals surface area contributed by atoms with E-state index in [-0.39, 0.29) is 11.3 Å². The molecule has 1 aliphatic rings. The maximum Gasteiger partial charge on any atom is 0.274 e. The first kappa shape index (κ1) is 9.65. The zero-order chi connectivity index (χ0) is 12.0. The Morgan fingerprint density at radius 3 is 2.53 bits per heavy atom. The van der Waals surface area contributed by atoms with Gasteiger partial charge in [0.15, 0.2) is 0 Å². The van der Waals surface area contributed by atoms with Crippen LogP contribution >= 0.6 is 0 Å². The third kappa shape index (κ3) is 1.25. The fourth-order valence-corrected chi connectivity index (χ4v) is 2.01. The summed E-state index contributed by atoms with van der Waals surface area (Å²) >= 11 is 0. The van der Waals surface area contributed by atoms with Crippen molar-refractivity contribution in [2.75, 3.05) is 0 Å². The summed E-state index contributed by atoms with van der Waals surface area (Å²) in [6.45, 7) is 0. The van der Waals surface area contributed by atoms with Crippen molar-refractivity contribution in [2.45, 2.75) is 0 Å². The molecule has 2 amide bonds. The van der Waals surface area contributed by atoms with E-state index in [0.29, 0.717) is 5.56 Å². The average Bonchev–Trinajstić information content (AvgIpc) is 2.82. The minimum Gasteiger partial charge on any atom is -0.394 e. The van der Waals surface area contributed by atoms with E-state index in [1.165, 1.54) is 0 Å². The summed E-state index contributed by atoms with van der Waals surface area (Å²) < 4.78 is 0. The number of H-pyrrole nitrogens is 1. The van der Waals surface area contributed by atoms with E-state index in [4.69, 9.17) is 5.73 Å². The lowest BCUT2D eigenvalue weighted by atomic mass is 10.0. The van der Waals surface area contributed by atoms with Gasteiger partial charge in [0.05, 0.1) is 5.57 Å². The number of rotatable bonds is 1. The molecule has 0 unspecified atom stereocenters. The van der Waals surface area contributed by atoms with Gasteiger partial charge in [-0.3, -0.25) is 14.9 Å². The number of hydrogen-bond donors (Lipinski definition) is 3. The minimum absolute atomic E-state index is 0.0280. The van der Waals surface area contributed by atoms with Crippen LogP contribution in [0.15, 0.2) is 36.2 Å². The Labute approximate surface area is 96.3 Å². The fourth-order valence-electron chi connectivity index (χ4n) is 2.01. The summed E-state index contributed by atoms with van der Waals surface area (Å²) in [6, 6.07) is 7.52. The first-order chi connectivity index (χ1) is 8.18. The number of fused-ring (bicyclic) bond motifs is 1. The topological polar surface area (TPSA) is 88.0 Å². The summed E-state index contributed by atoms with van der Waals surface area (Å²) in [5, 5.41) is 3.05. The number of amides is 2. The summed E-state index contributed by atoms with van der Waals surface area (Å²) in [6.07, 6.45) is 1.69. The summed E-state index contributed by atoms with van der Waals surface area (Å²) in [5.74, 6) is -0.979. The summed E-state index contributed by atoms with van der Waals surface area (Å²) in [7, 11) is 0. The summed E-state index contributed by atoms with van der Waals surface area (Å²) in [5.41, 5.74) is 7.40. The van der Waals surface area contributed by atoms with Crippen molar-refractivity contribution in [3.63, 3.8) is 0 Å². The molecule has 0 spiro atoms. The molecule has 0 atom stereocenters. The number of imide groups is 1. The van der Waals surface area contributed by atoms with Crippen molar-refractivity contribution in [1.82, 2.24) is 10.3 Å². The average molecular weight is 227 g/mol. The number of nitrogens with one attached hydrogen (secondary N) is 2. The van der Waals surface area contributed by atoms with E-state index in [9.17, 15) is 9.59 Å². The molecule has 3 rings (SSSR count). The Bertz CT molecular complexity index is 682. The van der Waals surface area contributed by atoms with Crippen LogP contribution < -0.4 is 11.1 Å². The van der Waals surface area contributed by atoms with Crippen LogP contribution in [0.25, 0.3) is 16.5 Å². The molecule has 1 aliphatic heterocycles. The Morgan fingerprint density at radius 1 is 1.06 bits per heavy atom. The first-order valence-corrected chi connectivity index (χ1v) is 5.10. The SMILES string of the molecule is NC1=C(c2c[nH]c3ccccc23)C(=O)NC1=O. The number of aromatic nitrogens is 1. The second-order valence-corrected chi connectivity index (χ2v) is 3.82. The highest BCUT2D eigenvalue weighted by Gasteiger charge is 2.30. The van der Waals surface area contributed by atoms with Crippen LogP contribution in [0.5, 0.6) is 0 Å². The van der Waals surface area contributed by atoms with E-state index in [1.807, 2.05) is 24.3 Å². The molecule has 0 saturated heterocycles. The van der Waals surface area contributed by atoms with Crippen LogP contribution in [0.2, 0.25) is 0 Å². The van der Waals surface area contributed by atoms with Crippen LogP contribution in [0.4, 0.5) is 0 Å². The highest BCUT2D eigenvalue weighted by molar-refractivity contribution is 6.37. The number of nitrogens with two attached hydrogens (primary N) is 1. The molecule has 5 nitrogen and oxygen atoms in total.